The van der Waals surface area contributed by atoms with E-state index in [1.54, 1.807) is 23.8 Å². The Bertz CT molecular complexity index is 448. The number of aliphatic carboxylic acids is 1. The largest absolute Gasteiger partial charge is 0.481 e. The zero-order valence-corrected chi connectivity index (χ0v) is 12.2. The van der Waals surface area contributed by atoms with Crippen molar-refractivity contribution in [3.05, 3.63) is 35.9 Å². The summed E-state index contributed by atoms with van der Waals surface area (Å²) in [4.78, 5) is 26.3. The smallest absolute Gasteiger partial charge is 0.320 e. The molecule has 2 amide bonds. The highest BCUT2D eigenvalue weighted by atomic mass is 16.4. The molecule has 1 atom stereocenters. The molecule has 0 fully saturated rings. The van der Waals surface area contributed by atoms with Crippen LogP contribution >= 0.6 is 0 Å². The third-order valence-corrected chi connectivity index (χ3v) is 3.16. The van der Waals surface area contributed by atoms with Crippen molar-refractivity contribution in [3.63, 3.8) is 0 Å². The minimum Gasteiger partial charge on any atom is -0.481 e. The number of amides is 2. The van der Waals surface area contributed by atoms with Crippen molar-refractivity contribution < 1.29 is 14.7 Å². The van der Waals surface area contributed by atoms with Crippen LogP contribution in [0.25, 0.3) is 0 Å². The molecule has 0 aliphatic carbocycles. The Hall–Kier alpha value is -2.04. The molecule has 5 heteroatoms. The summed E-state index contributed by atoms with van der Waals surface area (Å²) >= 11 is 0. The van der Waals surface area contributed by atoms with Gasteiger partial charge < -0.3 is 14.9 Å². The van der Waals surface area contributed by atoms with Crippen LogP contribution in [0.5, 0.6) is 0 Å². The Balaban J connectivity index is 2.63. The van der Waals surface area contributed by atoms with Crippen LogP contribution in [0.4, 0.5) is 4.79 Å². The fraction of sp³-hybridized carbons (Fsp3) is 0.467. The summed E-state index contributed by atoms with van der Waals surface area (Å²) in [5.74, 6) is -1.45. The summed E-state index contributed by atoms with van der Waals surface area (Å²) in [6.45, 7) is 4.69. The maximum absolute atomic E-state index is 12.3. The molecular weight excluding hydrogens is 256 g/mol. The molecule has 0 aromatic heterocycles. The van der Waals surface area contributed by atoms with Gasteiger partial charge in [0, 0.05) is 26.7 Å². The lowest BCUT2D eigenvalue weighted by Gasteiger charge is -2.28. The van der Waals surface area contributed by atoms with Gasteiger partial charge in [-0.25, -0.2) is 4.79 Å². The highest BCUT2D eigenvalue weighted by Gasteiger charge is 2.21. The maximum Gasteiger partial charge on any atom is 0.320 e. The number of hydrogen-bond donors (Lipinski definition) is 1. The molecule has 0 saturated heterocycles. The van der Waals surface area contributed by atoms with Gasteiger partial charge in [0.15, 0.2) is 0 Å². The fourth-order valence-electron chi connectivity index (χ4n) is 1.92. The van der Waals surface area contributed by atoms with Crippen molar-refractivity contribution in [1.29, 1.82) is 0 Å². The molecule has 0 saturated carbocycles. The Kier molecular flexibility index (Phi) is 6.03. The summed E-state index contributed by atoms with van der Waals surface area (Å²) in [5.41, 5.74) is 1.05. The summed E-state index contributed by atoms with van der Waals surface area (Å²) < 4.78 is 0. The van der Waals surface area contributed by atoms with Crippen LogP contribution in [-0.4, -0.2) is 47.0 Å². The van der Waals surface area contributed by atoms with Gasteiger partial charge >= 0.3 is 12.0 Å². The molecular formula is C15H22N2O3. The first-order valence-corrected chi connectivity index (χ1v) is 6.72. The summed E-state index contributed by atoms with van der Waals surface area (Å²) in [6.07, 6.45) is 0. The number of carboxylic acids is 1. The van der Waals surface area contributed by atoms with E-state index in [1.165, 1.54) is 0 Å². The second-order valence-corrected chi connectivity index (χ2v) is 4.90. The van der Waals surface area contributed by atoms with Crippen LogP contribution in [0, 0.1) is 5.92 Å². The second-order valence-electron chi connectivity index (χ2n) is 4.90. The van der Waals surface area contributed by atoms with Crippen LogP contribution in [0.15, 0.2) is 30.3 Å². The van der Waals surface area contributed by atoms with Gasteiger partial charge in [-0.05, 0) is 12.5 Å². The van der Waals surface area contributed by atoms with Crippen molar-refractivity contribution >= 4 is 12.0 Å². The predicted octanol–water partition coefficient (Wildman–Crippen LogP) is 2.28. The average Bonchev–Trinajstić information content (AvgIpc) is 2.44. The molecule has 0 heterocycles. The molecule has 0 spiro atoms. The first-order chi connectivity index (χ1) is 9.45. The first kappa shape index (κ1) is 16.0. The van der Waals surface area contributed by atoms with Crippen LogP contribution in [0.1, 0.15) is 19.4 Å². The first-order valence-electron chi connectivity index (χ1n) is 6.72. The van der Waals surface area contributed by atoms with Gasteiger partial charge in [0.25, 0.3) is 0 Å². The zero-order valence-electron chi connectivity index (χ0n) is 12.2. The van der Waals surface area contributed by atoms with Gasteiger partial charge in [-0.2, -0.15) is 0 Å². The summed E-state index contributed by atoms with van der Waals surface area (Å²) in [7, 11) is 1.73. The van der Waals surface area contributed by atoms with Gasteiger partial charge in [-0.1, -0.05) is 37.3 Å². The molecule has 0 bridgehead atoms. The summed E-state index contributed by atoms with van der Waals surface area (Å²) in [5, 5.41) is 8.93. The van der Waals surface area contributed by atoms with E-state index in [0.29, 0.717) is 13.1 Å². The number of carboxylic acid groups (broad SMARTS) is 1. The highest BCUT2D eigenvalue weighted by molar-refractivity contribution is 5.76. The normalized spacial score (nSPS) is 11.8. The number of benzene rings is 1. The fourth-order valence-corrected chi connectivity index (χ4v) is 1.92. The number of hydrogen-bond acceptors (Lipinski definition) is 2. The van der Waals surface area contributed by atoms with E-state index in [4.69, 9.17) is 5.11 Å². The molecule has 110 valence electrons. The van der Waals surface area contributed by atoms with E-state index in [2.05, 4.69) is 0 Å². The van der Waals surface area contributed by atoms with E-state index < -0.39 is 11.9 Å². The molecule has 1 aromatic carbocycles. The van der Waals surface area contributed by atoms with Crippen LogP contribution in [0.2, 0.25) is 0 Å². The lowest BCUT2D eigenvalue weighted by Crippen LogP contribution is -2.43. The quantitative estimate of drug-likeness (QED) is 0.868. The average molecular weight is 278 g/mol. The number of nitrogens with zero attached hydrogens (tertiary/aromatic N) is 2. The topological polar surface area (TPSA) is 60.9 Å². The predicted molar refractivity (Wildman–Crippen MR) is 77.4 cm³/mol. The van der Waals surface area contributed by atoms with E-state index in [1.807, 2.05) is 37.3 Å². The molecule has 0 aliphatic rings. The van der Waals surface area contributed by atoms with Gasteiger partial charge in [0.1, 0.15) is 0 Å². The molecule has 0 aliphatic heterocycles. The SMILES string of the molecule is CCN(CC(C)C(=O)O)C(=O)N(C)Cc1ccccc1. The van der Waals surface area contributed by atoms with Crippen molar-refractivity contribution in [1.82, 2.24) is 9.80 Å². The number of carbonyl (C=O) groups excluding carboxylic acids is 1. The van der Waals surface area contributed by atoms with Crippen molar-refractivity contribution in [2.75, 3.05) is 20.1 Å². The lowest BCUT2D eigenvalue weighted by atomic mass is 10.1. The third kappa shape index (κ3) is 4.57. The van der Waals surface area contributed by atoms with Crippen LogP contribution < -0.4 is 0 Å². The van der Waals surface area contributed by atoms with Gasteiger partial charge in [0.05, 0.1) is 5.92 Å². The van der Waals surface area contributed by atoms with E-state index >= 15 is 0 Å². The highest BCUT2D eigenvalue weighted by Crippen LogP contribution is 2.08. The van der Waals surface area contributed by atoms with Gasteiger partial charge in [-0.3, -0.25) is 4.79 Å². The summed E-state index contributed by atoms with van der Waals surface area (Å²) in [6, 6.07) is 9.55. The van der Waals surface area contributed by atoms with Gasteiger partial charge in [0.2, 0.25) is 0 Å². The second kappa shape index (κ2) is 7.53. The van der Waals surface area contributed by atoms with Crippen molar-refractivity contribution in [3.8, 4) is 0 Å². The van der Waals surface area contributed by atoms with Crippen molar-refractivity contribution in [2.24, 2.45) is 5.92 Å². The minimum atomic E-state index is -0.887. The van der Waals surface area contributed by atoms with Crippen LogP contribution in [0.3, 0.4) is 0 Å². The Labute approximate surface area is 119 Å². The Morgan fingerprint density at radius 3 is 2.35 bits per heavy atom. The minimum absolute atomic E-state index is 0.149. The number of carbonyl (C=O) groups is 2. The maximum atomic E-state index is 12.3. The standard InChI is InChI=1S/C15H22N2O3/c1-4-17(10-12(2)14(18)19)15(20)16(3)11-13-8-6-5-7-9-13/h5-9,12H,4,10-11H2,1-3H3,(H,18,19). The van der Waals surface area contributed by atoms with E-state index in [9.17, 15) is 9.59 Å². The number of urea groups is 1. The lowest BCUT2D eigenvalue weighted by molar-refractivity contribution is -0.141. The van der Waals surface area contributed by atoms with E-state index in [0.717, 1.165) is 5.56 Å². The molecule has 1 aromatic rings. The molecule has 1 unspecified atom stereocenters. The zero-order chi connectivity index (χ0) is 15.1. The van der Waals surface area contributed by atoms with E-state index in [-0.39, 0.29) is 12.6 Å². The molecule has 20 heavy (non-hydrogen) atoms. The van der Waals surface area contributed by atoms with Gasteiger partial charge in [-0.15, -0.1) is 0 Å². The molecule has 1 N–H and O–H groups in total. The molecule has 5 nitrogen and oxygen atoms in total. The molecule has 1 rings (SSSR count). The van der Waals surface area contributed by atoms with Crippen molar-refractivity contribution in [2.45, 2.75) is 20.4 Å². The Morgan fingerprint density at radius 1 is 1.25 bits per heavy atom. The number of rotatable bonds is 6. The third-order valence-electron chi connectivity index (χ3n) is 3.16. The Morgan fingerprint density at radius 2 is 1.85 bits per heavy atom. The van der Waals surface area contributed by atoms with Crippen LogP contribution in [-0.2, 0) is 11.3 Å². The molecule has 0 radical (unpaired) electrons. The monoisotopic (exact) mass is 278 g/mol.